The van der Waals surface area contributed by atoms with Gasteiger partial charge in [-0.15, -0.1) is 0 Å². The lowest BCUT2D eigenvalue weighted by Gasteiger charge is -2.38. The van der Waals surface area contributed by atoms with Crippen LogP contribution in [0.25, 0.3) is 0 Å². The Balaban J connectivity index is 2.38. The number of likely N-dealkylation sites (N-methyl/N-ethyl adjacent to an activating group) is 1. The molecule has 0 aromatic carbocycles. The van der Waals surface area contributed by atoms with Crippen molar-refractivity contribution >= 4 is 23.1 Å². The van der Waals surface area contributed by atoms with E-state index in [-0.39, 0.29) is 16.8 Å². The Kier molecular flexibility index (Phi) is 3.44. The molecule has 1 aliphatic rings. The fraction of sp³-hybridized carbons (Fsp3) is 0.500. The highest BCUT2D eigenvalue weighted by atomic mass is 35.5. The molecule has 0 unspecified atom stereocenters. The molecular formula is C10H13ClN4O2. The highest BCUT2D eigenvalue weighted by molar-refractivity contribution is 6.30. The topological polar surface area (TPSA) is 71.3 Å². The number of aromatic nitrogens is 1. The van der Waals surface area contributed by atoms with Gasteiger partial charge in [0, 0.05) is 31.9 Å². The SMILES string of the molecule is CCN(c1ncc(Cl)cc1[N+](=O)[O-])C1CNC1. The van der Waals surface area contributed by atoms with Gasteiger partial charge < -0.3 is 10.2 Å². The zero-order valence-corrected chi connectivity index (χ0v) is 10.1. The Morgan fingerprint density at radius 2 is 2.41 bits per heavy atom. The van der Waals surface area contributed by atoms with Crippen LogP contribution < -0.4 is 10.2 Å². The largest absolute Gasteiger partial charge is 0.346 e. The number of anilines is 1. The zero-order valence-electron chi connectivity index (χ0n) is 9.39. The number of pyridine rings is 1. The van der Waals surface area contributed by atoms with Crippen LogP contribution in [0.1, 0.15) is 6.92 Å². The molecular weight excluding hydrogens is 244 g/mol. The van der Waals surface area contributed by atoms with Gasteiger partial charge in [-0.05, 0) is 6.92 Å². The molecule has 0 bridgehead atoms. The monoisotopic (exact) mass is 256 g/mol. The second kappa shape index (κ2) is 4.85. The van der Waals surface area contributed by atoms with E-state index in [0.717, 1.165) is 13.1 Å². The lowest BCUT2D eigenvalue weighted by Crippen LogP contribution is -2.57. The number of rotatable bonds is 4. The summed E-state index contributed by atoms with van der Waals surface area (Å²) in [6.07, 6.45) is 1.44. The van der Waals surface area contributed by atoms with Crippen LogP contribution in [0.2, 0.25) is 5.02 Å². The summed E-state index contributed by atoms with van der Waals surface area (Å²) in [5.41, 5.74) is -0.0359. The molecule has 17 heavy (non-hydrogen) atoms. The summed E-state index contributed by atoms with van der Waals surface area (Å²) in [7, 11) is 0. The van der Waals surface area contributed by atoms with Crippen LogP contribution in [0.5, 0.6) is 0 Å². The van der Waals surface area contributed by atoms with Gasteiger partial charge in [-0.25, -0.2) is 4.98 Å². The second-order valence-corrected chi connectivity index (χ2v) is 4.29. The molecule has 1 saturated heterocycles. The van der Waals surface area contributed by atoms with Crippen molar-refractivity contribution in [3.63, 3.8) is 0 Å². The maximum absolute atomic E-state index is 11.0. The fourth-order valence-corrected chi connectivity index (χ4v) is 2.00. The van der Waals surface area contributed by atoms with Crippen LogP contribution in [0, 0.1) is 10.1 Å². The molecule has 0 atom stereocenters. The summed E-state index contributed by atoms with van der Waals surface area (Å²) >= 11 is 5.74. The van der Waals surface area contributed by atoms with Crippen molar-refractivity contribution in [1.29, 1.82) is 0 Å². The summed E-state index contributed by atoms with van der Waals surface area (Å²) in [6.45, 7) is 4.30. The third kappa shape index (κ3) is 2.32. The number of hydrogen-bond donors (Lipinski definition) is 1. The van der Waals surface area contributed by atoms with Gasteiger partial charge >= 0.3 is 5.69 Å². The van der Waals surface area contributed by atoms with Crippen LogP contribution in [-0.2, 0) is 0 Å². The average molecular weight is 257 g/mol. The first-order valence-electron chi connectivity index (χ1n) is 5.40. The standard InChI is InChI=1S/C10H13ClN4O2/c1-2-14(8-5-12-6-8)10-9(15(16)17)3-7(11)4-13-10/h3-4,8,12H,2,5-6H2,1H3. The summed E-state index contributed by atoms with van der Waals surface area (Å²) in [5, 5.41) is 14.4. The van der Waals surface area contributed by atoms with Gasteiger partial charge in [0.05, 0.1) is 16.0 Å². The van der Waals surface area contributed by atoms with Crippen molar-refractivity contribution in [3.05, 3.63) is 27.4 Å². The molecule has 2 heterocycles. The molecule has 1 aromatic rings. The van der Waals surface area contributed by atoms with Crippen LogP contribution in [-0.4, -0.2) is 35.6 Å². The van der Waals surface area contributed by atoms with Crippen LogP contribution in [0.4, 0.5) is 11.5 Å². The third-order valence-electron chi connectivity index (χ3n) is 2.82. The minimum atomic E-state index is -0.442. The van der Waals surface area contributed by atoms with Crippen molar-refractivity contribution in [2.24, 2.45) is 0 Å². The highest BCUT2D eigenvalue weighted by Gasteiger charge is 2.29. The van der Waals surface area contributed by atoms with Crippen LogP contribution in [0.15, 0.2) is 12.3 Å². The average Bonchev–Trinajstić information content (AvgIpc) is 2.23. The molecule has 1 aliphatic heterocycles. The van der Waals surface area contributed by atoms with Gasteiger partial charge in [-0.1, -0.05) is 11.6 Å². The van der Waals surface area contributed by atoms with E-state index in [4.69, 9.17) is 11.6 Å². The molecule has 2 rings (SSSR count). The van der Waals surface area contributed by atoms with Crippen LogP contribution in [0.3, 0.4) is 0 Å². The third-order valence-corrected chi connectivity index (χ3v) is 3.03. The molecule has 7 heteroatoms. The Morgan fingerprint density at radius 1 is 1.71 bits per heavy atom. The summed E-state index contributed by atoms with van der Waals surface area (Å²) < 4.78 is 0. The number of nitrogens with zero attached hydrogens (tertiary/aromatic N) is 3. The molecule has 6 nitrogen and oxygen atoms in total. The van der Waals surface area contributed by atoms with E-state index >= 15 is 0 Å². The van der Waals surface area contributed by atoms with Gasteiger partial charge in [0.1, 0.15) is 0 Å². The summed E-state index contributed by atoms with van der Waals surface area (Å²) in [4.78, 5) is 16.6. The summed E-state index contributed by atoms with van der Waals surface area (Å²) in [6, 6.07) is 1.62. The van der Waals surface area contributed by atoms with Crippen molar-refractivity contribution in [1.82, 2.24) is 10.3 Å². The van der Waals surface area contributed by atoms with E-state index in [1.807, 2.05) is 11.8 Å². The highest BCUT2D eigenvalue weighted by Crippen LogP contribution is 2.30. The van der Waals surface area contributed by atoms with Gasteiger partial charge in [0.2, 0.25) is 5.82 Å². The van der Waals surface area contributed by atoms with E-state index in [2.05, 4.69) is 10.3 Å². The Morgan fingerprint density at radius 3 is 2.88 bits per heavy atom. The van der Waals surface area contributed by atoms with Gasteiger partial charge in [-0.3, -0.25) is 10.1 Å². The Bertz CT molecular complexity index is 436. The minimum Gasteiger partial charge on any atom is -0.346 e. The lowest BCUT2D eigenvalue weighted by atomic mass is 10.1. The van der Waals surface area contributed by atoms with Gasteiger partial charge in [0.25, 0.3) is 0 Å². The van der Waals surface area contributed by atoms with Crippen molar-refractivity contribution in [3.8, 4) is 0 Å². The van der Waals surface area contributed by atoms with Gasteiger partial charge in [0.15, 0.2) is 0 Å². The van der Waals surface area contributed by atoms with E-state index in [1.165, 1.54) is 12.3 Å². The first-order valence-corrected chi connectivity index (χ1v) is 5.78. The predicted molar refractivity (Wildman–Crippen MR) is 65.6 cm³/mol. The lowest BCUT2D eigenvalue weighted by molar-refractivity contribution is -0.384. The molecule has 0 amide bonds. The molecule has 0 saturated carbocycles. The molecule has 0 spiro atoms. The predicted octanol–water partition coefficient (Wildman–Crippen LogP) is 1.44. The van der Waals surface area contributed by atoms with Crippen molar-refractivity contribution in [2.75, 3.05) is 24.5 Å². The molecule has 92 valence electrons. The second-order valence-electron chi connectivity index (χ2n) is 3.85. The first kappa shape index (κ1) is 12.1. The molecule has 1 aromatic heterocycles. The maximum Gasteiger partial charge on any atom is 0.313 e. The number of nitrogens with one attached hydrogen (secondary N) is 1. The van der Waals surface area contributed by atoms with E-state index in [9.17, 15) is 10.1 Å². The van der Waals surface area contributed by atoms with Crippen LogP contribution >= 0.6 is 11.6 Å². The summed E-state index contributed by atoms with van der Waals surface area (Å²) in [5.74, 6) is 0.397. The van der Waals surface area contributed by atoms with E-state index in [0.29, 0.717) is 12.4 Å². The molecule has 1 fully saturated rings. The number of nitro groups is 1. The quantitative estimate of drug-likeness (QED) is 0.652. The van der Waals surface area contributed by atoms with E-state index in [1.54, 1.807) is 0 Å². The zero-order chi connectivity index (χ0) is 12.4. The fourth-order valence-electron chi connectivity index (χ4n) is 1.85. The smallest absolute Gasteiger partial charge is 0.313 e. The molecule has 0 aliphatic carbocycles. The van der Waals surface area contributed by atoms with Gasteiger partial charge in [-0.2, -0.15) is 0 Å². The van der Waals surface area contributed by atoms with Crippen molar-refractivity contribution in [2.45, 2.75) is 13.0 Å². The molecule has 1 N–H and O–H groups in total. The van der Waals surface area contributed by atoms with Crippen molar-refractivity contribution < 1.29 is 4.92 Å². The Hall–Kier alpha value is -1.40. The minimum absolute atomic E-state index is 0.0359. The first-order chi connectivity index (χ1) is 8.13. The van der Waals surface area contributed by atoms with E-state index < -0.39 is 4.92 Å². The normalized spacial score (nSPS) is 15.4. The Labute approximate surface area is 104 Å². The molecule has 0 radical (unpaired) electrons. The number of halogens is 1. The maximum atomic E-state index is 11.0. The number of hydrogen-bond acceptors (Lipinski definition) is 5.